The highest BCUT2D eigenvalue weighted by Gasteiger charge is 2.15. The van der Waals surface area contributed by atoms with Gasteiger partial charge in [-0.15, -0.1) is 10.2 Å². The summed E-state index contributed by atoms with van der Waals surface area (Å²) in [4.78, 5) is 11.2. The summed E-state index contributed by atoms with van der Waals surface area (Å²) >= 11 is 7.52. The van der Waals surface area contributed by atoms with Crippen LogP contribution in [0.25, 0.3) is 0 Å². The summed E-state index contributed by atoms with van der Waals surface area (Å²) in [5.41, 5.74) is 7.39. The number of carbonyl (C=O) groups excluding carboxylic acids is 1. The van der Waals surface area contributed by atoms with Gasteiger partial charge in [0.25, 0.3) is 0 Å². The zero-order chi connectivity index (χ0) is 19.2. The van der Waals surface area contributed by atoms with Crippen molar-refractivity contribution in [3.05, 3.63) is 70.5 Å². The average molecular weight is 403 g/mol. The van der Waals surface area contributed by atoms with Gasteiger partial charge in [-0.05, 0) is 23.3 Å². The number of primary amides is 1. The fraction of sp³-hybridized carbons (Fsp3) is 0.211. The Morgan fingerprint density at radius 2 is 1.96 bits per heavy atom. The van der Waals surface area contributed by atoms with Crippen LogP contribution in [0.2, 0.25) is 5.02 Å². The minimum absolute atomic E-state index is 0.154. The number of ether oxygens (including phenoxy) is 1. The molecule has 3 rings (SSSR count). The van der Waals surface area contributed by atoms with E-state index in [0.717, 1.165) is 17.0 Å². The summed E-state index contributed by atoms with van der Waals surface area (Å²) in [5, 5.41) is 9.78. The predicted octanol–water partition coefficient (Wildman–Crippen LogP) is 3.16. The molecule has 2 aromatic carbocycles. The van der Waals surface area contributed by atoms with Crippen LogP contribution in [-0.2, 0) is 17.8 Å². The monoisotopic (exact) mass is 402 g/mol. The SMILES string of the molecule is COc1ccc(Cc2nnc(SCC(N)=O)n2Cc2ccccc2)cc1Cl. The molecule has 0 spiro atoms. The van der Waals surface area contributed by atoms with Gasteiger partial charge >= 0.3 is 0 Å². The van der Waals surface area contributed by atoms with E-state index in [0.29, 0.717) is 28.9 Å². The zero-order valence-corrected chi connectivity index (χ0v) is 16.3. The van der Waals surface area contributed by atoms with E-state index in [1.165, 1.54) is 11.8 Å². The first kappa shape index (κ1) is 19.3. The van der Waals surface area contributed by atoms with Crippen LogP contribution in [0.15, 0.2) is 53.7 Å². The number of aromatic nitrogens is 3. The number of thioether (sulfide) groups is 1. The number of methoxy groups -OCH3 is 1. The van der Waals surface area contributed by atoms with Gasteiger partial charge in [0.1, 0.15) is 11.6 Å². The molecule has 1 heterocycles. The summed E-state index contributed by atoms with van der Waals surface area (Å²) in [5.74, 6) is 1.18. The van der Waals surface area contributed by atoms with Gasteiger partial charge < -0.3 is 15.0 Å². The Bertz CT molecular complexity index is 931. The number of nitrogens with two attached hydrogens (primary N) is 1. The van der Waals surface area contributed by atoms with Gasteiger partial charge in [-0.1, -0.05) is 59.8 Å². The minimum Gasteiger partial charge on any atom is -0.495 e. The van der Waals surface area contributed by atoms with Gasteiger partial charge in [0.15, 0.2) is 5.16 Å². The maximum absolute atomic E-state index is 11.2. The van der Waals surface area contributed by atoms with Crippen LogP contribution in [0.3, 0.4) is 0 Å². The van der Waals surface area contributed by atoms with E-state index in [1.807, 2.05) is 53.1 Å². The standard InChI is InChI=1S/C19H19ClN4O2S/c1-26-16-8-7-14(9-15(16)20)10-18-22-23-19(27-12-17(21)25)24(18)11-13-5-3-2-4-6-13/h2-9H,10-12H2,1H3,(H2,21,25). The lowest BCUT2D eigenvalue weighted by molar-refractivity contribution is -0.115. The molecule has 3 aromatic rings. The first-order valence-corrected chi connectivity index (χ1v) is 9.62. The molecule has 2 N–H and O–H groups in total. The number of halogens is 1. The number of hydrogen-bond acceptors (Lipinski definition) is 5. The second-order valence-corrected chi connectivity index (χ2v) is 7.22. The van der Waals surface area contributed by atoms with Crippen LogP contribution < -0.4 is 10.5 Å². The number of amides is 1. The third kappa shape index (κ3) is 5.02. The van der Waals surface area contributed by atoms with Crippen molar-refractivity contribution in [1.29, 1.82) is 0 Å². The smallest absolute Gasteiger partial charge is 0.227 e. The molecule has 0 unspecified atom stereocenters. The third-order valence-corrected chi connectivity index (χ3v) is 5.18. The van der Waals surface area contributed by atoms with Crippen molar-refractivity contribution in [2.45, 2.75) is 18.1 Å². The van der Waals surface area contributed by atoms with Gasteiger partial charge in [0.2, 0.25) is 5.91 Å². The molecule has 0 aliphatic rings. The summed E-state index contributed by atoms with van der Waals surface area (Å²) in [7, 11) is 1.58. The van der Waals surface area contributed by atoms with Gasteiger partial charge in [0, 0.05) is 6.42 Å². The molecule has 0 fully saturated rings. The van der Waals surface area contributed by atoms with Crippen molar-refractivity contribution >= 4 is 29.3 Å². The number of rotatable bonds is 8. The molecule has 6 nitrogen and oxygen atoms in total. The van der Waals surface area contributed by atoms with Crippen LogP contribution in [0.4, 0.5) is 0 Å². The molecule has 27 heavy (non-hydrogen) atoms. The normalized spacial score (nSPS) is 10.7. The maximum Gasteiger partial charge on any atom is 0.227 e. The molecule has 0 radical (unpaired) electrons. The van der Waals surface area contributed by atoms with Crippen LogP contribution in [0.5, 0.6) is 5.75 Å². The Morgan fingerprint density at radius 3 is 2.63 bits per heavy atom. The zero-order valence-electron chi connectivity index (χ0n) is 14.8. The summed E-state index contributed by atoms with van der Waals surface area (Å²) < 4.78 is 7.20. The van der Waals surface area contributed by atoms with Crippen molar-refractivity contribution in [2.24, 2.45) is 5.73 Å². The fourth-order valence-corrected chi connectivity index (χ4v) is 3.60. The average Bonchev–Trinajstić information content (AvgIpc) is 3.02. The van der Waals surface area contributed by atoms with Crippen molar-refractivity contribution in [3.8, 4) is 5.75 Å². The lowest BCUT2D eigenvalue weighted by atomic mass is 10.1. The van der Waals surface area contributed by atoms with Crippen molar-refractivity contribution < 1.29 is 9.53 Å². The molecule has 0 bridgehead atoms. The van der Waals surface area contributed by atoms with Crippen molar-refractivity contribution in [1.82, 2.24) is 14.8 Å². The number of carbonyl (C=O) groups is 1. The number of nitrogens with zero attached hydrogens (tertiary/aromatic N) is 3. The Hall–Kier alpha value is -2.51. The molecule has 0 atom stereocenters. The summed E-state index contributed by atoms with van der Waals surface area (Å²) in [6.07, 6.45) is 0.556. The molecule has 0 aliphatic heterocycles. The molecule has 0 aliphatic carbocycles. The second-order valence-electron chi connectivity index (χ2n) is 5.87. The quantitative estimate of drug-likeness (QED) is 0.585. The first-order chi connectivity index (χ1) is 13.1. The van der Waals surface area contributed by atoms with E-state index in [-0.39, 0.29) is 5.75 Å². The molecule has 8 heteroatoms. The van der Waals surface area contributed by atoms with Crippen LogP contribution in [-0.4, -0.2) is 33.5 Å². The number of hydrogen-bond donors (Lipinski definition) is 1. The fourth-order valence-electron chi connectivity index (χ4n) is 2.62. The van der Waals surface area contributed by atoms with E-state index in [4.69, 9.17) is 22.1 Å². The highest BCUT2D eigenvalue weighted by atomic mass is 35.5. The molecule has 140 valence electrons. The van der Waals surface area contributed by atoms with E-state index >= 15 is 0 Å². The van der Waals surface area contributed by atoms with Crippen molar-refractivity contribution in [3.63, 3.8) is 0 Å². The van der Waals surface area contributed by atoms with Gasteiger partial charge in [-0.2, -0.15) is 0 Å². The predicted molar refractivity (Wildman–Crippen MR) is 106 cm³/mol. The third-order valence-electron chi connectivity index (χ3n) is 3.90. The van der Waals surface area contributed by atoms with Crippen LogP contribution in [0, 0.1) is 0 Å². The lowest BCUT2D eigenvalue weighted by Gasteiger charge is -2.11. The molecule has 0 saturated carbocycles. The van der Waals surface area contributed by atoms with Crippen LogP contribution >= 0.6 is 23.4 Å². The van der Waals surface area contributed by atoms with Gasteiger partial charge in [-0.25, -0.2) is 0 Å². The topological polar surface area (TPSA) is 83.0 Å². The first-order valence-electron chi connectivity index (χ1n) is 8.26. The van der Waals surface area contributed by atoms with Gasteiger partial charge in [0.05, 0.1) is 24.4 Å². The van der Waals surface area contributed by atoms with E-state index in [1.54, 1.807) is 7.11 Å². The Morgan fingerprint density at radius 1 is 1.19 bits per heavy atom. The second kappa shape index (κ2) is 8.92. The van der Waals surface area contributed by atoms with E-state index in [2.05, 4.69) is 10.2 Å². The minimum atomic E-state index is -0.391. The van der Waals surface area contributed by atoms with E-state index in [9.17, 15) is 4.79 Å². The van der Waals surface area contributed by atoms with Crippen molar-refractivity contribution in [2.75, 3.05) is 12.9 Å². The largest absolute Gasteiger partial charge is 0.495 e. The maximum atomic E-state index is 11.2. The molecule has 1 aromatic heterocycles. The summed E-state index contributed by atoms with van der Waals surface area (Å²) in [6.45, 7) is 0.605. The Balaban J connectivity index is 1.89. The van der Waals surface area contributed by atoms with E-state index < -0.39 is 5.91 Å². The molecule has 0 saturated heterocycles. The Labute approximate surface area is 166 Å². The molecule has 1 amide bonds. The van der Waals surface area contributed by atoms with Gasteiger partial charge in [-0.3, -0.25) is 4.79 Å². The number of benzene rings is 2. The highest BCUT2D eigenvalue weighted by molar-refractivity contribution is 7.99. The van der Waals surface area contributed by atoms with Crippen LogP contribution in [0.1, 0.15) is 17.0 Å². The summed E-state index contributed by atoms with van der Waals surface area (Å²) in [6, 6.07) is 15.7. The molecular weight excluding hydrogens is 384 g/mol. The highest BCUT2D eigenvalue weighted by Crippen LogP contribution is 2.27. The lowest BCUT2D eigenvalue weighted by Crippen LogP contribution is -2.14. The Kier molecular flexibility index (Phi) is 6.36. The molecular formula is C19H19ClN4O2S.